The third-order valence-electron chi connectivity index (χ3n) is 4.28. The molecule has 0 aliphatic carbocycles. The molecule has 0 bridgehead atoms. The number of hydrogen-bond donors (Lipinski definition) is 2. The second-order valence-electron chi connectivity index (χ2n) is 6.06. The van der Waals surface area contributed by atoms with Crippen LogP contribution in [0.4, 0.5) is 0 Å². The molecule has 26 heavy (non-hydrogen) atoms. The van der Waals surface area contributed by atoms with Crippen molar-refractivity contribution in [3.63, 3.8) is 0 Å². The number of halogens is 2. The van der Waals surface area contributed by atoms with Gasteiger partial charge >= 0.3 is 0 Å². The SMILES string of the molecule is C[C@H](NCc1nc2c(oc3ccccc32)c(=O)[nH]1)c1ccc(Cl)cc1Cl. The third-order valence-corrected chi connectivity index (χ3v) is 4.85. The van der Waals surface area contributed by atoms with E-state index in [4.69, 9.17) is 27.6 Å². The molecule has 2 heterocycles. The predicted octanol–water partition coefficient (Wildman–Crippen LogP) is 4.83. The van der Waals surface area contributed by atoms with Crippen molar-refractivity contribution in [1.29, 1.82) is 0 Å². The minimum Gasteiger partial charge on any atom is -0.449 e. The lowest BCUT2D eigenvalue weighted by molar-refractivity contribution is 0.558. The van der Waals surface area contributed by atoms with E-state index in [2.05, 4.69) is 15.3 Å². The maximum atomic E-state index is 12.3. The minimum atomic E-state index is -0.292. The highest BCUT2D eigenvalue weighted by molar-refractivity contribution is 6.35. The Morgan fingerprint density at radius 3 is 2.85 bits per heavy atom. The van der Waals surface area contributed by atoms with Gasteiger partial charge in [-0.05, 0) is 36.8 Å². The Bertz CT molecular complexity index is 1170. The lowest BCUT2D eigenvalue weighted by Gasteiger charge is -2.15. The van der Waals surface area contributed by atoms with Gasteiger partial charge < -0.3 is 14.7 Å². The van der Waals surface area contributed by atoms with Crippen LogP contribution >= 0.6 is 23.2 Å². The summed E-state index contributed by atoms with van der Waals surface area (Å²) in [6, 6.07) is 12.8. The van der Waals surface area contributed by atoms with Gasteiger partial charge in [0.1, 0.15) is 16.9 Å². The highest BCUT2D eigenvalue weighted by atomic mass is 35.5. The number of rotatable bonds is 4. The van der Waals surface area contributed by atoms with Gasteiger partial charge in [-0.2, -0.15) is 0 Å². The summed E-state index contributed by atoms with van der Waals surface area (Å²) in [5, 5.41) is 5.32. The summed E-state index contributed by atoms with van der Waals surface area (Å²) in [6.07, 6.45) is 0. The lowest BCUT2D eigenvalue weighted by atomic mass is 10.1. The monoisotopic (exact) mass is 387 g/mol. The largest absolute Gasteiger partial charge is 0.449 e. The van der Waals surface area contributed by atoms with Crippen molar-refractivity contribution in [3.8, 4) is 0 Å². The van der Waals surface area contributed by atoms with Gasteiger partial charge in [0.05, 0.1) is 6.54 Å². The number of benzene rings is 2. The first-order valence-electron chi connectivity index (χ1n) is 8.11. The van der Waals surface area contributed by atoms with Crippen molar-refractivity contribution in [2.24, 2.45) is 0 Å². The Labute approximate surface area is 158 Å². The lowest BCUT2D eigenvalue weighted by Crippen LogP contribution is -2.22. The summed E-state index contributed by atoms with van der Waals surface area (Å²) in [7, 11) is 0. The highest BCUT2D eigenvalue weighted by Gasteiger charge is 2.14. The smallest absolute Gasteiger partial charge is 0.294 e. The molecule has 2 N–H and O–H groups in total. The van der Waals surface area contributed by atoms with Crippen LogP contribution in [0.2, 0.25) is 10.0 Å². The Hall–Kier alpha value is -2.34. The molecule has 2 aromatic heterocycles. The van der Waals surface area contributed by atoms with Crippen molar-refractivity contribution in [2.45, 2.75) is 19.5 Å². The van der Waals surface area contributed by atoms with E-state index in [1.807, 2.05) is 37.3 Å². The van der Waals surface area contributed by atoms with E-state index >= 15 is 0 Å². The number of furan rings is 1. The van der Waals surface area contributed by atoms with Crippen LogP contribution in [0.5, 0.6) is 0 Å². The van der Waals surface area contributed by atoms with Gasteiger partial charge in [-0.3, -0.25) is 4.79 Å². The van der Waals surface area contributed by atoms with E-state index in [1.54, 1.807) is 12.1 Å². The number of aromatic amines is 1. The summed E-state index contributed by atoms with van der Waals surface area (Å²) in [5.74, 6) is 0.533. The topological polar surface area (TPSA) is 70.9 Å². The average molecular weight is 388 g/mol. The first-order chi connectivity index (χ1) is 12.5. The fraction of sp³-hybridized carbons (Fsp3) is 0.158. The van der Waals surface area contributed by atoms with E-state index in [0.29, 0.717) is 33.5 Å². The summed E-state index contributed by atoms with van der Waals surface area (Å²) in [5.41, 5.74) is 2.09. The van der Waals surface area contributed by atoms with E-state index in [9.17, 15) is 4.79 Å². The van der Waals surface area contributed by atoms with E-state index < -0.39 is 0 Å². The zero-order valence-corrected chi connectivity index (χ0v) is 15.4. The molecule has 0 fully saturated rings. The summed E-state index contributed by atoms with van der Waals surface area (Å²) in [6.45, 7) is 2.36. The van der Waals surface area contributed by atoms with Gasteiger partial charge in [0, 0.05) is 21.5 Å². The maximum absolute atomic E-state index is 12.3. The van der Waals surface area contributed by atoms with Gasteiger partial charge in [0.15, 0.2) is 0 Å². The van der Waals surface area contributed by atoms with Crippen LogP contribution in [-0.2, 0) is 6.54 Å². The molecule has 0 spiro atoms. The van der Waals surface area contributed by atoms with Crippen LogP contribution in [0.1, 0.15) is 24.4 Å². The van der Waals surface area contributed by atoms with Crippen molar-refractivity contribution in [1.82, 2.24) is 15.3 Å². The van der Waals surface area contributed by atoms with Crippen molar-refractivity contribution in [2.75, 3.05) is 0 Å². The normalized spacial score (nSPS) is 12.7. The maximum Gasteiger partial charge on any atom is 0.294 e. The van der Waals surface area contributed by atoms with Crippen LogP contribution in [0.15, 0.2) is 51.7 Å². The number of nitrogens with zero attached hydrogens (tertiary/aromatic N) is 1. The average Bonchev–Trinajstić information content (AvgIpc) is 2.99. The molecule has 4 aromatic rings. The van der Waals surface area contributed by atoms with Crippen LogP contribution in [0, 0.1) is 0 Å². The van der Waals surface area contributed by atoms with Crippen LogP contribution < -0.4 is 10.9 Å². The molecule has 0 aliphatic rings. The Morgan fingerprint density at radius 1 is 1.23 bits per heavy atom. The predicted molar refractivity (Wildman–Crippen MR) is 104 cm³/mol. The molecule has 7 heteroatoms. The van der Waals surface area contributed by atoms with E-state index in [0.717, 1.165) is 10.9 Å². The molecule has 4 rings (SSSR count). The number of nitrogens with one attached hydrogen (secondary N) is 2. The molecular formula is C19H15Cl2N3O2. The Kier molecular flexibility index (Phi) is 4.44. The zero-order chi connectivity index (χ0) is 18.3. The van der Waals surface area contributed by atoms with Crippen LogP contribution in [0.25, 0.3) is 22.1 Å². The molecule has 0 saturated heterocycles. The van der Waals surface area contributed by atoms with Gasteiger partial charge in [0.2, 0.25) is 5.58 Å². The number of hydrogen-bond acceptors (Lipinski definition) is 4. The van der Waals surface area contributed by atoms with Crippen LogP contribution in [-0.4, -0.2) is 9.97 Å². The Balaban J connectivity index is 1.63. The first-order valence-corrected chi connectivity index (χ1v) is 8.87. The molecule has 0 unspecified atom stereocenters. The van der Waals surface area contributed by atoms with Gasteiger partial charge in [-0.1, -0.05) is 41.4 Å². The van der Waals surface area contributed by atoms with Crippen LogP contribution in [0.3, 0.4) is 0 Å². The van der Waals surface area contributed by atoms with E-state index in [-0.39, 0.29) is 17.2 Å². The molecule has 5 nitrogen and oxygen atoms in total. The molecule has 0 saturated carbocycles. The second kappa shape index (κ2) is 6.76. The minimum absolute atomic E-state index is 0.0399. The molecule has 132 valence electrons. The molecular weight excluding hydrogens is 373 g/mol. The van der Waals surface area contributed by atoms with Crippen molar-refractivity contribution in [3.05, 3.63) is 74.3 Å². The fourth-order valence-electron chi connectivity index (χ4n) is 2.94. The summed E-state index contributed by atoms with van der Waals surface area (Å²) < 4.78 is 5.60. The quantitative estimate of drug-likeness (QED) is 0.526. The number of H-pyrrole nitrogens is 1. The summed E-state index contributed by atoms with van der Waals surface area (Å²) >= 11 is 12.2. The van der Waals surface area contributed by atoms with Gasteiger partial charge in [-0.25, -0.2) is 4.98 Å². The second-order valence-corrected chi connectivity index (χ2v) is 6.90. The number of para-hydroxylation sites is 1. The third kappa shape index (κ3) is 3.09. The molecule has 0 radical (unpaired) electrons. The van der Waals surface area contributed by atoms with Gasteiger partial charge in [0.25, 0.3) is 5.56 Å². The van der Waals surface area contributed by atoms with Gasteiger partial charge in [-0.15, -0.1) is 0 Å². The zero-order valence-electron chi connectivity index (χ0n) is 13.8. The molecule has 0 amide bonds. The molecule has 0 aliphatic heterocycles. The van der Waals surface area contributed by atoms with E-state index in [1.165, 1.54) is 0 Å². The molecule has 1 atom stereocenters. The number of fused-ring (bicyclic) bond motifs is 3. The highest BCUT2D eigenvalue weighted by Crippen LogP contribution is 2.27. The van der Waals surface area contributed by atoms with Crippen molar-refractivity contribution >= 4 is 45.3 Å². The fourth-order valence-corrected chi connectivity index (χ4v) is 3.52. The van der Waals surface area contributed by atoms with Crippen molar-refractivity contribution < 1.29 is 4.42 Å². The molecule has 2 aromatic carbocycles. The summed E-state index contributed by atoms with van der Waals surface area (Å²) in [4.78, 5) is 19.6. The first kappa shape index (κ1) is 17.1. The Morgan fingerprint density at radius 2 is 2.04 bits per heavy atom. The standard InChI is InChI=1S/C19H15Cl2N3O2/c1-10(12-7-6-11(20)8-14(12)21)22-9-16-23-17-13-4-2-3-5-15(13)26-18(17)19(25)24-16/h2-8,10,22H,9H2,1H3,(H,23,24,25)/t10-/m0/s1. The number of aromatic nitrogens is 2.